The molecule has 3 nitrogen and oxygen atoms in total. The molecule has 0 amide bonds. The molecule has 21 heavy (non-hydrogen) atoms. The van der Waals surface area contributed by atoms with Crippen LogP contribution in [0, 0.1) is 5.41 Å². The molecule has 0 saturated heterocycles. The minimum Gasteiger partial charge on any atom is -0.487 e. The maximum atomic E-state index is 6.34. The molecule has 1 fully saturated rings. The van der Waals surface area contributed by atoms with E-state index in [4.69, 9.17) is 4.74 Å². The second-order valence-electron chi connectivity index (χ2n) is 6.14. The Morgan fingerprint density at radius 1 is 1.29 bits per heavy atom. The van der Waals surface area contributed by atoms with Crippen LogP contribution in [-0.4, -0.2) is 23.7 Å². The van der Waals surface area contributed by atoms with Gasteiger partial charge in [-0.2, -0.15) is 0 Å². The highest BCUT2D eigenvalue weighted by Gasteiger charge is 2.51. The Morgan fingerprint density at radius 3 is 2.86 bits per heavy atom. The summed E-state index contributed by atoms with van der Waals surface area (Å²) in [5.41, 5.74) is 1.16. The molecule has 1 aromatic carbocycles. The summed E-state index contributed by atoms with van der Waals surface area (Å²) in [4.78, 5) is 4.48. The van der Waals surface area contributed by atoms with E-state index in [0.29, 0.717) is 6.04 Å². The van der Waals surface area contributed by atoms with E-state index in [1.165, 1.54) is 0 Å². The summed E-state index contributed by atoms with van der Waals surface area (Å²) in [6.07, 6.45) is 4.28. The molecule has 3 atom stereocenters. The fourth-order valence-corrected chi connectivity index (χ4v) is 3.36. The van der Waals surface area contributed by atoms with Crippen LogP contribution < -0.4 is 10.1 Å². The van der Waals surface area contributed by atoms with Gasteiger partial charge in [0.1, 0.15) is 17.4 Å². The lowest BCUT2D eigenvalue weighted by atomic mass is 9.61. The number of benzene rings is 1. The van der Waals surface area contributed by atoms with Crippen molar-refractivity contribution in [1.29, 1.82) is 0 Å². The molecular formula is C18H24N2O. The largest absolute Gasteiger partial charge is 0.487 e. The van der Waals surface area contributed by atoms with Gasteiger partial charge >= 0.3 is 0 Å². The van der Waals surface area contributed by atoms with Gasteiger partial charge in [-0.1, -0.05) is 39.0 Å². The summed E-state index contributed by atoms with van der Waals surface area (Å²) in [6, 6.07) is 10.8. The van der Waals surface area contributed by atoms with E-state index in [0.717, 1.165) is 36.0 Å². The zero-order chi connectivity index (χ0) is 14.9. The van der Waals surface area contributed by atoms with Crippen LogP contribution in [0.3, 0.4) is 0 Å². The number of aromatic nitrogens is 1. The minimum absolute atomic E-state index is 0.201. The molecule has 0 bridgehead atoms. The first kappa shape index (κ1) is 14.3. The van der Waals surface area contributed by atoms with Crippen LogP contribution in [0.4, 0.5) is 0 Å². The smallest absolute Gasteiger partial charge is 0.145 e. The second-order valence-corrected chi connectivity index (χ2v) is 6.14. The summed E-state index contributed by atoms with van der Waals surface area (Å²) in [6.45, 7) is 7.76. The van der Waals surface area contributed by atoms with Crippen LogP contribution in [0.1, 0.15) is 33.6 Å². The van der Waals surface area contributed by atoms with Gasteiger partial charge in [0, 0.05) is 29.5 Å². The van der Waals surface area contributed by atoms with Gasteiger partial charge in [0.25, 0.3) is 0 Å². The Hall–Kier alpha value is -1.61. The van der Waals surface area contributed by atoms with Gasteiger partial charge in [-0.15, -0.1) is 0 Å². The average Bonchev–Trinajstić information content (AvgIpc) is 2.53. The Labute approximate surface area is 126 Å². The monoisotopic (exact) mass is 284 g/mol. The first-order chi connectivity index (χ1) is 10.2. The number of ether oxygens (including phenoxy) is 1. The third-order valence-corrected chi connectivity index (χ3v) is 5.06. The highest BCUT2D eigenvalue weighted by atomic mass is 16.5. The lowest BCUT2D eigenvalue weighted by Gasteiger charge is -2.53. The number of fused-ring (bicyclic) bond motifs is 1. The van der Waals surface area contributed by atoms with Crippen LogP contribution in [0.25, 0.3) is 10.9 Å². The van der Waals surface area contributed by atoms with Gasteiger partial charge in [-0.3, -0.25) is 4.98 Å². The van der Waals surface area contributed by atoms with Crippen molar-refractivity contribution in [3.63, 3.8) is 0 Å². The predicted octanol–water partition coefficient (Wildman–Crippen LogP) is 3.78. The quantitative estimate of drug-likeness (QED) is 0.907. The van der Waals surface area contributed by atoms with Gasteiger partial charge in [0.2, 0.25) is 0 Å². The number of pyridine rings is 1. The average molecular weight is 284 g/mol. The van der Waals surface area contributed by atoms with E-state index in [9.17, 15) is 0 Å². The highest BCUT2D eigenvalue weighted by molar-refractivity contribution is 5.84. The molecule has 1 heterocycles. The minimum atomic E-state index is 0.201. The fraction of sp³-hybridized carbons (Fsp3) is 0.500. The van der Waals surface area contributed by atoms with Crippen molar-refractivity contribution in [2.75, 3.05) is 6.54 Å². The van der Waals surface area contributed by atoms with E-state index in [1.54, 1.807) is 0 Å². The third kappa shape index (κ3) is 2.40. The zero-order valence-electron chi connectivity index (χ0n) is 13.1. The highest BCUT2D eigenvalue weighted by Crippen LogP contribution is 2.46. The zero-order valence-corrected chi connectivity index (χ0v) is 13.1. The SMILES string of the molecule is CCNC1CC(Oc2cccc3cccnc23)C1(C)CC. The summed E-state index contributed by atoms with van der Waals surface area (Å²) in [5.74, 6) is 0.910. The Balaban J connectivity index is 1.83. The second kappa shape index (κ2) is 5.64. The number of hydrogen-bond donors (Lipinski definition) is 1. The topological polar surface area (TPSA) is 34.1 Å². The van der Waals surface area contributed by atoms with Gasteiger partial charge in [-0.25, -0.2) is 0 Å². The number of nitrogens with one attached hydrogen (secondary N) is 1. The van der Waals surface area contributed by atoms with Gasteiger partial charge in [-0.05, 0) is 25.1 Å². The molecule has 0 radical (unpaired) electrons. The van der Waals surface area contributed by atoms with Crippen LogP contribution >= 0.6 is 0 Å². The van der Waals surface area contributed by atoms with Crippen molar-refractivity contribution in [3.8, 4) is 5.75 Å². The van der Waals surface area contributed by atoms with Crippen LogP contribution in [0.15, 0.2) is 36.5 Å². The molecule has 112 valence electrons. The van der Waals surface area contributed by atoms with Crippen LogP contribution in [0.2, 0.25) is 0 Å². The maximum Gasteiger partial charge on any atom is 0.145 e. The van der Waals surface area contributed by atoms with Gasteiger partial charge in [0.15, 0.2) is 0 Å². The van der Waals surface area contributed by atoms with Gasteiger partial charge in [0.05, 0.1) is 0 Å². The fourth-order valence-electron chi connectivity index (χ4n) is 3.36. The Kier molecular flexibility index (Phi) is 3.85. The number of rotatable bonds is 5. The van der Waals surface area contributed by atoms with Crippen LogP contribution in [0.5, 0.6) is 5.75 Å². The first-order valence-electron chi connectivity index (χ1n) is 7.92. The van der Waals surface area contributed by atoms with Crippen molar-refractivity contribution in [2.45, 2.75) is 45.8 Å². The molecule has 0 aliphatic heterocycles. The third-order valence-electron chi connectivity index (χ3n) is 5.06. The lowest BCUT2D eigenvalue weighted by Crippen LogP contribution is -2.63. The van der Waals surface area contributed by atoms with Crippen LogP contribution in [-0.2, 0) is 0 Å². The van der Waals surface area contributed by atoms with E-state index in [1.807, 2.05) is 24.4 Å². The lowest BCUT2D eigenvalue weighted by molar-refractivity contribution is -0.0690. The Bertz CT molecular complexity index is 622. The summed E-state index contributed by atoms with van der Waals surface area (Å²) in [7, 11) is 0. The first-order valence-corrected chi connectivity index (χ1v) is 7.92. The maximum absolute atomic E-state index is 6.34. The molecule has 1 N–H and O–H groups in total. The predicted molar refractivity (Wildman–Crippen MR) is 86.6 cm³/mol. The van der Waals surface area contributed by atoms with E-state index < -0.39 is 0 Å². The molecule has 0 spiro atoms. The van der Waals surface area contributed by atoms with Crippen molar-refractivity contribution < 1.29 is 4.74 Å². The molecule has 1 aromatic heterocycles. The van der Waals surface area contributed by atoms with Crippen molar-refractivity contribution in [2.24, 2.45) is 5.41 Å². The molecule has 1 aliphatic rings. The van der Waals surface area contributed by atoms with Crippen molar-refractivity contribution in [3.05, 3.63) is 36.5 Å². The number of nitrogens with zero attached hydrogens (tertiary/aromatic N) is 1. The van der Waals surface area contributed by atoms with E-state index in [2.05, 4.69) is 43.2 Å². The Morgan fingerprint density at radius 2 is 2.10 bits per heavy atom. The summed E-state index contributed by atoms with van der Waals surface area (Å²) >= 11 is 0. The van der Waals surface area contributed by atoms with Crippen molar-refractivity contribution >= 4 is 10.9 Å². The summed E-state index contributed by atoms with van der Waals surface area (Å²) < 4.78 is 6.34. The number of hydrogen-bond acceptors (Lipinski definition) is 3. The molecule has 3 rings (SSSR count). The standard InChI is InChI=1S/C18H24N2O/c1-4-18(3)15(19-5-2)12-16(18)21-14-10-6-8-13-9-7-11-20-17(13)14/h6-11,15-16,19H,4-5,12H2,1-3H3. The van der Waals surface area contributed by atoms with Gasteiger partial charge < -0.3 is 10.1 Å². The molecular weight excluding hydrogens is 260 g/mol. The molecule has 1 saturated carbocycles. The molecule has 2 aromatic rings. The van der Waals surface area contributed by atoms with E-state index in [-0.39, 0.29) is 11.5 Å². The summed E-state index contributed by atoms with van der Waals surface area (Å²) in [5, 5.41) is 4.72. The van der Waals surface area contributed by atoms with E-state index >= 15 is 0 Å². The number of para-hydroxylation sites is 1. The molecule has 1 aliphatic carbocycles. The normalized spacial score (nSPS) is 28.3. The van der Waals surface area contributed by atoms with Crippen molar-refractivity contribution in [1.82, 2.24) is 10.3 Å². The molecule has 3 heteroatoms. The molecule has 3 unspecified atom stereocenters.